The monoisotopic (exact) mass is 265 g/mol. The minimum absolute atomic E-state index is 0.0489. The number of carbonyl (C=O) groups is 2. The maximum atomic E-state index is 11.9. The van der Waals surface area contributed by atoms with Gasteiger partial charge >= 0.3 is 0 Å². The molecular formula is C12H15N3O2S. The van der Waals surface area contributed by atoms with Gasteiger partial charge in [0.15, 0.2) is 0 Å². The Hall–Kier alpha value is -1.56. The lowest BCUT2D eigenvalue weighted by atomic mass is 10.3. The molecule has 18 heavy (non-hydrogen) atoms. The van der Waals surface area contributed by atoms with Gasteiger partial charge in [-0.2, -0.15) is 0 Å². The second-order valence-electron chi connectivity index (χ2n) is 3.95. The molecule has 6 heteroatoms. The van der Waals surface area contributed by atoms with Crippen LogP contribution in [-0.2, 0) is 9.59 Å². The molecule has 0 aromatic carbocycles. The molecule has 0 atom stereocenters. The van der Waals surface area contributed by atoms with Crippen molar-refractivity contribution in [2.75, 3.05) is 23.7 Å². The number of amides is 2. The lowest BCUT2D eigenvalue weighted by molar-refractivity contribution is -0.122. The smallest absolute Gasteiger partial charge is 0.240 e. The third-order valence-corrected chi connectivity index (χ3v) is 3.53. The van der Waals surface area contributed by atoms with Crippen LogP contribution in [0.1, 0.15) is 13.3 Å². The molecule has 0 fully saturated rings. The molecule has 0 radical (unpaired) electrons. The van der Waals surface area contributed by atoms with Gasteiger partial charge in [-0.1, -0.05) is 18.7 Å². The van der Waals surface area contributed by atoms with E-state index < -0.39 is 0 Å². The number of carbonyl (C=O) groups excluding carboxylic acids is 2. The molecule has 5 nitrogen and oxygen atoms in total. The summed E-state index contributed by atoms with van der Waals surface area (Å²) in [5, 5.41) is 3.58. The summed E-state index contributed by atoms with van der Waals surface area (Å²) in [6.45, 7) is 2.69. The van der Waals surface area contributed by atoms with E-state index in [1.807, 2.05) is 13.0 Å². The van der Waals surface area contributed by atoms with Crippen molar-refractivity contribution in [2.45, 2.75) is 18.4 Å². The predicted octanol–water partition coefficient (Wildman–Crippen LogP) is 1.05. The van der Waals surface area contributed by atoms with Gasteiger partial charge in [0.1, 0.15) is 11.6 Å². The highest BCUT2D eigenvalue weighted by molar-refractivity contribution is 8.00. The largest absolute Gasteiger partial charge is 0.355 e. The van der Waals surface area contributed by atoms with Crippen LogP contribution in [0.4, 0.5) is 5.69 Å². The molecule has 2 heterocycles. The Bertz CT molecular complexity index is 464. The van der Waals surface area contributed by atoms with Crippen LogP contribution >= 0.6 is 11.8 Å². The summed E-state index contributed by atoms with van der Waals surface area (Å²) >= 11 is 1.41. The van der Waals surface area contributed by atoms with E-state index in [2.05, 4.69) is 10.3 Å². The van der Waals surface area contributed by atoms with Gasteiger partial charge in [0.2, 0.25) is 11.8 Å². The van der Waals surface area contributed by atoms with E-state index in [1.165, 1.54) is 16.7 Å². The minimum atomic E-state index is -0.132. The van der Waals surface area contributed by atoms with Crippen LogP contribution in [0.3, 0.4) is 0 Å². The van der Waals surface area contributed by atoms with Gasteiger partial charge in [-0.15, -0.1) is 0 Å². The average molecular weight is 265 g/mol. The van der Waals surface area contributed by atoms with Crippen LogP contribution in [0.2, 0.25) is 0 Å². The summed E-state index contributed by atoms with van der Waals surface area (Å²) in [5.41, 5.74) is 0.727. The molecule has 1 aliphatic rings. The fourth-order valence-electron chi connectivity index (χ4n) is 1.68. The molecule has 0 aliphatic carbocycles. The third kappa shape index (κ3) is 2.81. The van der Waals surface area contributed by atoms with Crippen molar-refractivity contribution in [3.05, 3.63) is 18.3 Å². The fraction of sp³-hybridized carbons (Fsp3) is 0.417. The minimum Gasteiger partial charge on any atom is -0.355 e. The van der Waals surface area contributed by atoms with Crippen LogP contribution in [0.5, 0.6) is 0 Å². The van der Waals surface area contributed by atoms with E-state index in [0.29, 0.717) is 12.3 Å². The number of anilines is 1. The number of pyridine rings is 1. The molecular weight excluding hydrogens is 250 g/mol. The van der Waals surface area contributed by atoms with Gasteiger partial charge in [-0.05, 0) is 18.6 Å². The highest BCUT2D eigenvalue weighted by Gasteiger charge is 2.26. The summed E-state index contributed by atoms with van der Waals surface area (Å²) < 4.78 is 0. The maximum Gasteiger partial charge on any atom is 0.240 e. The first kappa shape index (κ1) is 12.9. The number of fused-ring (bicyclic) bond motifs is 1. The Morgan fingerprint density at radius 1 is 1.61 bits per heavy atom. The highest BCUT2D eigenvalue weighted by Crippen LogP contribution is 2.32. The lowest BCUT2D eigenvalue weighted by Gasteiger charge is -2.27. The van der Waals surface area contributed by atoms with E-state index in [4.69, 9.17) is 0 Å². The first-order valence-electron chi connectivity index (χ1n) is 5.87. The van der Waals surface area contributed by atoms with E-state index in [9.17, 15) is 9.59 Å². The maximum absolute atomic E-state index is 11.9. The van der Waals surface area contributed by atoms with E-state index in [-0.39, 0.29) is 18.4 Å². The second kappa shape index (κ2) is 5.86. The highest BCUT2D eigenvalue weighted by atomic mass is 32.2. The summed E-state index contributed by atoms with van der Waals surface area (Å²) in [4.78, 5) is 29.3. The molecule has 2 rings (SSSR count). The number of rotatable bonds is 4. The number of thioether (sulfide) groups is 1. The van der Waals surface area contributed by atoms with Crippen molar-refractivity contribution < 1.29 is 9.59 Å². The molecule has 0 saturated carbocycles. The molecule has 0 spiro atoms. The van der Waals surface area contributed by atoms with Crippen molar-refractivity contribution in [3.8, 4) is 0 Å². The number of nitrogens with zero attached hydrogens (tertiary/aromatic N) is 2. The zero-order valence-corrected chi connectivity index (χ0v) is 11.0. The Balaban J connectivity index is 2.12. The Kier molecular flexibility index (Phi) is 4.19. The zero-order chi connectivity index (χ0) is 13.0. The zero-order valence-electron chi connectivity index (χ0n) is 10.2. The molecule has 96 valence electrons. The van der Waals surface area contributed by atoms with Crippen LogP contribution in [-0.4, -0.2) is 35.6 Å². The van der Waals surface area contributed by atoms with E-state index in [1.54, 1.807) is 12.3 Å². The SMILES string of the molecule is CCCNC(=O)CN1C(=O)CSc2ncccc21. The summed E-state index contributed by atoms with van der Waals surface area (Å²) in [6.07, 6.45) is 2.57. The molecule has 0 saturated heterocycles. The topological polar surface area (TPSA) is 62.3 Å². The lowest BCUT2D eigenvalue weighted by Crippen LogP contribution is -2.43. The summed E-state index contributed by atoms with van der Waals surface area (Å²) in [6, 6.07) is 3.59. The molecule has 1 N–H and O–H groups in total. The quantitative estimate of drug-likeness (QED) is 0.884. The molecule has 1 aromatic heterocycles. The van der Waals surface area contributed by atoms with Crippen LogP contribution < -0.4 is 10.2 Å². The normalized spacial score (nSPS) is 14.3. The van der Waals surface area contributed by atoms with Crippen molar-refractivity contribution in [1.82, 2.24) is 10.3 Å². The van der Waals surface area contributed by atoms with Gasteiger partial charge in [-0.25, -0.2) is 4.98 Å². The first-order valence-corrected chi connectivity index (χ1v) is 6.86. The van der Waals surface area contributed by atoms with Crippen molar-refractivity contribution in [1.29, 1.82) is 0 Å². The number of hydrogen-bond acceptors (Lipinski definition) is 4. The third-order valence-electron chi connectivity index (χ3n) is 2.55. The number of hydrogen-bond donors (Lipinski definition) is 1. The van der Waals surface area contributed by atoms with Gasteiger partial charge in [0.25, 0.3) is 0 Å². The summed E-state index contributed by atoms with van der Waals surface area (Å²) in [5.74, 6) is 0.157. The predicted molar refractivity (Wildman–Crippen MR) is 70.6 cm³/mol. The molecule has 1 aliphatic heterocycles. The second-order valence-corrected chi connectivity index (χ2v) is 4.91. The molecule has 1 aromatic rings. The number of nitrogens with one attached hydrogen (secondary N) is 1. The van der Waals surface area contributed by atoms with E-state index >= 15 is 0 Å². The van der Waals surface area contributed by atoms with Crippen LogP contribution in [0.15, 0.2) is 23.4 Å². The molecule has 2 amide bonds. The van der Waals surface area contributed by atoms with Crippen LogP contribution in [0.25, 0.3) is 0 Å². The van der Waals surface area contributed by atoms with Crippen molar-refractivity contribution in [2.24, 2.45) is 0 Å². The van der Waals surface area contributed by atoms with Gasteiger partial charge in [-0.3, -0.25) is 14.5 Å². The van der Waals surface area contributed by atoms with Crippen molar-refractivity contribution in [3.63, 3.8) is 0 Å². The van der Waals surface area contributed by atoms with E-state index in [0.717, 1.165) is 17.1 Å². The standard InChI is InChI=1S/C12H15N3O2S/c1-2-5-13-10(16)7-15-9-4-3-6-14-12(9)18-8-11(15)17/h3-4,6H,2,5,7-8H2,1H3,(H,13,16). The Labute approximate surface area is 110 Å². The van der Waals surface area contributed by atoms with Gasteiger partial charge < -0.3 is 5.32 Å². The fourth-order valence-corrected chi connectivity index (χ4v) is 2.56. The molecule has 0 bridgehead atoms. The number of aromatic nitrogens is 1. The van der Waals surface area contributed by atoms with Gasteiger partial charge in [0.05, 0.1) is 11.4 Å². The van der Waals surface area contributed by atoms with Gasteiger partial charge in [0, 0.05) is 12.7 Å². The van der Waals surface area contributed by atoms with Crippen molar-refractivity contribution >= 4 is 29.3 Å². The Morgan fingerprint density at radius 2 is 2.44 bits per heavy atom. The first-order chi connectivity index (χ1) is 8.72. The average Bonchev–Trinajstić information content (AvgIpc) is 2.40. The molecule has 0 unspecified atom stereocenters. The summed E-state index contributed by atoms with van der Waals surface area (Å²) in [7, 11) is 0. The Morgan fingerprint density at radius 3 is 3.22 bits per heavy atom. The van der Waals surface area contributed by atoms with Crippen LogP contribution in [0, 0.1) is 0 Å².